The molecule has 17 heavy (non-hydrogen) atoms. The zero-order valence-corrected chi connectivity index (χ0v) is 9.69. The first-order valence-corrected chi connectivity index (χ1v) is 5.41. The zero-order chi connectivity index (χ0) is 12.1. The molecule has 0 fully saturated rings. The van der Waals surface area contributed by atoms with Crippen LogP contribution in [0.25, 0.3) is 0 Å². The Morgan fingerprint density at radius 2 is 1.94 bits per heavy atom. The monoisotopic (exact) mass is 244 g/mol. The molecule has 0 aliphatic heterocycles. The predicted molar refractivity (Wildman–Crippen MR) is 65.1 cm³/mol. The van der Waals surface area contributed by atoms with Gasteiger partial charge < -0.3 is 4.74 Å². The summed E-state index contributed by atoms with van der Waals surface area (Å²) in [6.07, 6.45) is 1.99. The zero-order valence-electron chi connectivity index (χ0n) is 8.93. The molecule has 1 aromatic heterocycles. The van der Waals surface area contributed by atoms with Crippen LogP contribution in [-0.4, -0.2) is 4.98 Å². The molecule has 0 N–H and O–H groups in total. The Morgan fingerprint density at radius 1 is 1.18 bits per heavy atom. The Bertz CT molecular complexity index is 529. The molecule has 0 amide bonds. The molecule has 0 bridgehead atoms. The van der Waals surface area contributed by atoms with Gasteiger partial charge in [0.05, 0.1) is 12.5 Å². The predicted octanol–water partition coefficient (Wildman–Crippen LogP) is 3.59. The van der Waals surface area contributed by atoms with Crippen LogP contribution in [0.3, 0.4) is 0 Å². The molecule has 0 radical (unpaired) electrons. The second kappa shape index (κ2) is 5.33. The van der Waals surface area contributed by atoms with Crippen molar-refractivity contribution in [1.82, 2.24) is 4.98 Å². The van der Waals surface area contributed by atoms with Gasteiger partial charge in [0.2, 0.25) is 5.88 Å². The van der Waals surface area contributed by atoms with E-state index in [1.165, 1.54) is 0 Å². The molecule has 0 aliphatic carbocycles. The molecule has 0 unspecified atom stereocenters. The Morgan fingerprint density at radius 3 is 2.53 bits per heavy atom. The molecule has 0 spiro atoms. The lowest BCUT2D eigenvalue weighted by Crippen LogP contribution is -1.89. The van der Waals surface area contributed by atoms with Crippen LogP contribution in [0.5, 0.6) is 11.6 Å². The number of aromatic nitrogens is 1. The maximum Gasteiger partial charge on any atom is 0.219 e. The topological polar surface area (TPSA) is 45.9 Å². The fourth-order valence-corrected chi connectivity index (χ4v) is 1.42. The van der Waals surface area contributed by atoms with Gasteiger partial charge in [-0.3, -0.25) is 0 Å². The average Bonchev–Trinajstić information content (AvgIpc) is 2.35. The largest absolute Gasteiger partial charge is 0.439 e. The highest BCUT2D eigenvalue weighted by Crippen LogP contribution is 2.21. The number of halogens is 1. The highest BCUT2D eigenvalue weighted by Gasteiger charge is 1.99. The van der Waals surface area contributed by atoms with Crippen LogP contribution in [0.2, 0.25) is 5.02 Å². The molecule has 3 nitrogen and oxygen atoms in total. The van der Waals surface area contributed by atoms with E-state index in [0.717, 1.165) is 5.56 Å². The molecule has 0 atom stereocenters. The minimum atomic E-state index is 0.355. The number of rotatable bonds is 3. The molecule has 0 saturated carbocycles. The lowest BCUT2D eigenvalue weighted by Gasteiger charge is -2.04. The first-order valence-electron chi connectivity index (χ1n) is 5.03. The van der Waals surface area contributed by atoms with Gasteiger partial charge in [0.15, 0.2) is 0 Å². The van der Waals surface area contributed by atoms with E-state index in [4.69, 9.17) is 21.6 Å². The molecule has 1 heterocycles. The summed E-state index contributed by atoms with van der Waals surface area (Å²) in [5.41, 5.74) is 0.871. The summed E-state index contributed by atoms with van der Waals surface area (Å²) in [4.78, 5) is 4.11. The molecule has 84 valence electrons. The Labute approximate surface area is 104 Å². The summed E-state index contributed by atoms with van der Waals surface area (Å²) in [5, 5.41) is 9.19. The minimum absolute atomic E-state index is 0.355. The molecule has 2 aromatic rings. The first-order chi connectivity index (χ1) is 8.28. The first kappa shape index (κ1) is 11.4. The maximum atomic E-state index is 8.53. The van der Waals surface area contributed by atoms with Crippen LogP contribution in [0.1, 0.15) is 5.56 Å². The van der Waals surface area contributed by atoms with Gasteiger partial charge in [-0.25, -0.2) is 4.98 Å². The van der Waals surface area contributed by atoms with Gasteiger partial charge in [-0.05, 0) is 29.8 Å². The molecule has 1 aromatic carbocycles. The van der Waals surface area contributed by atoms with Crippen molar-refractivity contribution in [1.29, 1.82) is 5.26 Å². The maximum absolute atomic E-state index is 8.53. The van der Waals surface area contributed by atoms with Crippen LogP contribution >= 0.6 is 11.6 Å². The van der Waals surface area contributed by atoms with Gasteiger partial charge in [-0.2, -0.15) is 5.26 Å². The smallest absolute Gasteiger partial charge is 0.219 e. The Kier molecular flexibility index (Phi) is 3.59. The van der Waals surface area contributed by atoms with E-state index < -0.39 is 0 Å². The van der Waals surface area contributed by atoms with E-state index in [2.05, 4.69) is 11.1 Å². The number of benzene rings is 1. The lowest BCUT2D eigenvalue weighted by atomic mass is 10.2. The van der Waals surface area contributed by atoms with Crippen molar-refractivity contribution < 1.29 is 4.74 Å². The molecule has 0 saturated heterocycles. The fraction of sp³-hybridized carbons (Fsp3) is 0.0769. The van der Waals surface area contributed by atoms with Gasteiger partial charge in [0, 0.05) is 17.3 Å². The summed E-state index contributed by atoms with van der Waals surface area (Å²) in [6, 6.07) is 12.7. The standard InChI is InChI=1S/C13H9ClN2O/c14-11-2-4-12(5-3-11)17-13-6-1-10(7-8-15)9-16-13/h1-6,9H,7H2. The quantitative estimate of drug-likeness (QED) is 0.829. The second-order valence-corrected chi connectivity index (χ2v) is 3.83. The molecular weight excluding hydrogens is 236 g/mol. The normalized spacial score (nSPS) is 9.65. The van der Waals surface area contributed by atoms with Crippen molar-refractivity contribution in [2.45, 2.75) is 6.42 Å². The Hall–Kier alpha value is -2.05. The third-order valence-electron chi connectivity index (χ3n) is 2.12. The van der Waals surface area contributed by atoms with Crippen LogP contribution in [0.4, 0.5) is 0 Å². The summed E-state index contributed by atoms with van der Waals surface area (Å²) in [7, 11) is 0. The van der Waals surface area contributed by atoms with Crippen LogP contribution < -0.4 is 4.74 Å². The van der Waals surface area contributed by atoms with Gasteiger partial charge >= 0.3 is 0 Å². The molecular formula is C13H9ClN2O. The number of nitrogens with zero attached hydrogens (tertiary/aromatic N) is 2. The van der Waals surface area contributed by atoms with E-state index in [1.54, 1.807) is 36.5 Å². The fourth-order valence-electron chi connectivity index (χ4n) is 1.29. The highest BCUT2D eigenvalue weighted by molar-refractivity contribution is 6.30. The minimum Gasteiger partial charge on any atom is -0.439 e. The van der Waals surface area contributed by atoms with Crippen molar-refractivity contribution in [3.63, 3.8) is 0 Å². The van der Waals surface area contributed by atoms with Gasteiger partial charge in [0.25, 0.3) is 0 Å². The van der Waals surface area contributed by atoms with Crippen molar-refractivity contribution in [3.05, 3.63) is 53.2 Å². The van der Waals surface area contributed by atoms with E-state index in [0.29, 0.717) is 23.1 Å². The highest BCUT2D eigenvalue weighted by atomic mass is 35.5. The third kappa shape index (κ3) is 3.20. The van der Waals surface area contributed by atoms with E-state index in [9.17, 15) is 0 Å². The van der Waals surface area contributed by atoms with E-state index >= 15 is 0 Å². The van der Waals surface area contributed by atoms with Crippen LogP contribution in [-0.2, 0) is 6.42 Å². The second-order valence-electron chi connectivity index (χ2n) is 3.40. The van der Waals surface area contributed by atoms with E-state index in [-0.39, 0.29) is 0 Å². The molecule has 4 heteroatoms. The van der Waals surface area contributed by atoms with Gasteiger partial charge in [-0.15, -0.1) is 0 Å². The van der Waals surface area contributed by atoms with Crippen molar-refractivity contribution in [2.24, 2.45) is 0 Å². The number of hydrogen-bond donors (Lipinski definition) is 0. The summed E-state index contributed by atoms with van der Waals surface area (Å²) < 4.78 is 5.51. The summed E-state index contributed by atoms with van der Waals surface area (Å²) in [5.74, 6) is 1.17. The van der Waals surface area contributed by atoms with Crippen molar-refractivity contribution in [3.8, 4) is 17.7 Å². The number of ether oxygens (including phenoxy) is 1. The molecule has 0 aliphatic rings. The summed E-state index contributed by atoms with van der Waals surface area (Å²) in [6.45, 7) is 0. The van der Waals surface area contributed by atoms with Crippen molar-refractivity contribution >= 4 is 11.6 Å². The van der Waals surface area contributed by atoms with Crippen LogP contribution in [0, 0.1) is 11.3 Å². The number of hydrogen-bond acceptors (Lipinski definition) is 3. The lowest BCUT2D eigenvalue weighted by molar-refractivity contribution is 0.462. The Balaban J connectivity index is 2.09. The van der Waals surface area contributed by atoms with Gasteiger partial charge in [-0.1, -0.05) is 17.7 Å². The van der Waals surface area contributed by atoms with Crippen molar-refractivity contribution in [2.75, 3.05) is 0 Å². The SMILES string of the molecule is N#CCc1ccc(Oc2ccc(Cl)cc2)nc1. The van der Waals surface area contributed by atoms with Crippen LogP contribution in [0.15, 0.2) is 42.6 Å². The third-order valence-corrected chi connectivity index (χ3v) is 2.37. The van der Waals surface area contributed by atoms with E-state index in [1.807, 2.05) is 6.07 Å². The summed E-state index contributed by atoms with van der Waals surface area (Å²) >= 11 is 5.77. The van der Waals surface area contributed by atoms with Gasteiger partial charge in [0.1, 0.15) is 5.75 Å². The number of pyridine rings is 1. The number of nitriles is 1. The molecule has 2 rings (SSSR count). The average molecular weight is 245 g/mol.